The molecule has 0 saturated carbocycles. The minimum absolute atomic E-state index is 0.141. The Labute approximate surface area is 146 Å². The molecule has 0 spiro atoms. The molecule has 3 aromatic rings. The summed E-state index contributed by atoms with van der Waals surface area (Å²) >= 11 is 0. The number of benzene rings is 1. The van der Waals surface area contributed by atoms with Crippen molar-refractivity contribution in [3.05, 3.63) is 78.1 Å². The Morgan fingerprint density at radius 1 is 1.12 bits per heavy atom. The Bertz CT molecular complexity index is 841. The van der Waals surface area contributed by atoms with E-state index in [1.165, 1.54) is 12.1 Å². The molecule has 0 atom stereocenters. The number of aryl methyl sites for hydroxylation is 1. The SMILES string of the molecule is CCCn1cc(-c2ccncc2)cc1C(=O)NCc1ccc(F)cc1. The zero-order valence-corrected chi connectivity index (χ0v) is 14.1. The molecular formula is C20H20FN3O. The summed E-state index contributed by atoms with van der Waals surface area (Å²) in [5.41, 5.74) is 3.49. The van der Waals surface area contributed by atoms with Crippen LogP contribution < -0.4 is 5.32 Å². The third-order valence-electron chi connectivity index (χ3n) is 3.97. The number of rotatable bonds is 6. The van der Waals surface area contributed by atoms with Gasteiger partial charge in [0.2, 0.25) is 0 Å². The van der Waals surface area contributed by atoms with E-state index >= 15 is 0 Å². The van der Waals surface area contributed by atoms with Crippen molar-refractivity contribution in [3.8, 4) is 11.1 Å². The predicted molar refractivity (Wildman–Crippen MR) is 95.5 cm³/mol. The van der Waals surface area contributed by atoms with Gasteiger partial charge >= 0.3 is 0 Å². The molecule has 0 fully saturated rings. The molecule has 0 radical (unpaired) electrons. The van der Waals surface area contributed by atoms with Gasteiger partial charge in [-0.25, -0.2) is 4.39 Å². The molecule has 0 unspecified atom stereocenters. The highest BCUT2D eigenvalue weighted by Gasteiger charge is 2.14. The largest absolute Gasteiger partial charge is 0.347 e. The summed E-state index contributed by atoms with van der Waals surface area (Å²) in [4.78, 5) is 16.6. The van der Waals surface area contributed by atoms with Gasteiger partial charge in [-0.1, -0.05) is 19.1 Å². The maximum atomic E-state index is 13.0. The predicted octanol–water partition coefficient (Wildman–Crippen LogP) is 4.03. The number of halogens is 1. The highest BCUT2D eigenvalue weighted by Crippen LogP contribution is 2.22. The fraction of sp³-hybridized carbons (Fsp3) is 0.200. The molecule has 2 aromatic heterocycles. The Morgan fingerprint density at radius 2 is 1.84 bits per heavy atom. The van der Waals surface area contributed by atoms with Crippen LogP contribution in [0.3, 0.4) is 0 Å². The van der Waals surface area contributed by atoms with E-state index in [-0.39, 0.29) is 11.7 Å². The molecule has 128 valence electrons. The molecule has 5 heteroatoms. The number of amides is 1. The van der Waals surface area contributed by atoms with Gasteiger partial charge in [0.05, 0.1) is 0 Å². The van der Waals surface area contributed by atoms with Crippen LogP contribution in [-0.4, -0.2) is 15.5 Å². The van der Waals surface area contributed by atoms with Crippen molar-refractivity contribution in [3.63, 3.8) is 0 Å². The van der Waals surface area contributed by atoms with Crippen LogP contribution in [0.25, 0.3) is 11.1 Å². The zero-order valence-electron chi connectivity index (χ0n) is 14.1. The Morgan fingerprint density at radius 3 is 2.52 bits per heavy atom. The van der Waals surface area contributed by atoms with Crippen LogP contribution in [0, 0.1) is 5.82 Å². The number of aromatic nitrogens is 2. The molecule has 4 nitrogen and oxygen atoms in total. The molecule has 0 aliphatic heterocycles. The number of pyridine rings is 1. The van der Waals surface area contributed by atoms with Gasteiger partial charge in [0.25, 0.3) is 5.91 Å². The van der Waals surface area contributed by atoms with E-state index in [2.05, 4.69) is 17.2 Å². The molecular weight excluding hydrogens is 317 g/mol. The summed E-state index contributed by atoms with van der Waals surface area (Å²) in [6, 6.07) is 11.9. The number of carbonyl (C=O) groups excluding carboxylic acids is 1. The maximum absolute atomic E-state index is 13.0. The molecule has 1 N–H and O–H groups in total. The van der Waals surface area contributed by atoms with Crippen LogP contribution in [0.15, 0.2) is 61.1 Å². The molecule has 0 bridgehead atoms. The van der Waals surface area contributed by atoms with Crippen molar-refractivity contribution in [2.24, 2.45) is 0 Å². The van der Waals surface area contributed by atoms with Gasteiger partial charge in [-0.2, -0.15) is 0 Å². The van der Waals surface area contributed by atoms with E-state index in [9.17, 15) is 9.18 Å². The summed E-state index contributed by atoms with van der Waals surface area (Å²) in [6.07, 6.45) is 6.40. The lowest BCUT2D eigenvalue weighted by Gasteiger charge is -2.08. The number of carbonyl (C=O) groups is 1. The number of hydrogen-bond donors (Lipinski definition) is 1. The third-order valence-corrected chi connectivity index (χ3v) is 3.97. The first-order valence-electron chi connectivity index (χ1n) is 8.30. The standard InChI is InChI=1S/C20H20FN3O/c1-2-11-24-14-17(16-7-9-22-10-8-16)12-19(24)20(25)23-13-15-3-5-18(21)6-4-15/h3-10,12,14H,2,11,13H2,1H3,(H,23,25). The molecule has 1 aromatic carbocycles. The molecule has 0 saturated heterocycles. The van der Waals surface area contributed by atoms with Gasteiger partial charge < -0.3 is 9.88 Å². The van der Waals surface area contributed by atoms with Crippen molar-refractivity contribution >= 4 is 5.91 Å². The van der Waals surface area contributed by atoms with Gasteiger partial charge in [0.1, 0.15) is 11.5 Å². The van der Waals surface area contributed by atoms with Crippen molar-refractivity contribution in [1.29, 1.82) is 0 Å². The Hall–Kier alpha value is -2.95. The third kappa shape index (κ3) is 4.12. The smallest absolute Gasteiger partial charge is 0.268 e. The quantitative estimate of drug-likeness (QED) is 0.738. The average Bonchev–Trinajstić information content (AvgIpc) is 3.06. The highest BCUT2D eigenvalue weighted by molar-refractivity contribution is 5.94. The van der Waals surface area contributed by atoms with E-state index in [4.69, 9.17) is 0 Å². The van der Waals surface area contributed by atoms with Crippen LogP contribution in [0.2, 0.25) is 0 Å². The lowest BCUT2D eigenvalue weighted by Crippen LogP contribution is -2.25. The van der Waals surface area contributed by atoms with Gasteiger partial charge in [-0.15, -0.1) is 0 Å². The van der Waals surface area contributed by atoms with Crippen molar-refractivity contribution in [2.45, 2.75) is 26.4 Å². The molecule has 2 heterocycles. The minimum atomic E-state index is -0.283. The topological polar surface area (TPSA) is 46.9 Å². The summed E-state index contributed by atoms with van der Waals surface area (Å²) in [7, 11) is 0. The Kier molecular flexibility index (Phi) is 5.23. The van der Waals surface area contributed by atoms with E-state index in [0.29, 0.717) is 12.2 Å². The van der Waals surface area contributed by atoms with E-state index in [1.54, 1.807) is 24.5 Å². The first kappa shape index (κ1) is 16.9. The highest BCUT2D eigenvalue weighted by atomic mass is 19.1. The van der Waals surface area contributed by atoms with E-state index in [0.717, 1.165) is 29.7 Å². The van der Waals surface area contributed by atoms with Crippen LogP contribution >= 0.6 is 0 Å². The summed E-state index contributed by atoms with van der Waals surface area (Å²) < 4.78 is 14.9. The second-order valence-electron chi connectivity index (χ2n) is 5.85. The summed E-state index contributed by atoms with van der Waals surface area (Å²) in [5, 5.41) is 2.90. The molecule has 1 amide bonds. The second kappa shape index (κ2) is 7.75. The minimum Gasteiger partial charge on any atom is -0.347 e. The molecule has 25 heavy (non-hydrogen) atoms. The molecule has 0 aliphatic carbocycles. The van der Waals surface area contributed by atoms with Crippen molar-refractivity contribution in [2.75, 3.05) is 0 Å². The first-order valence-corrected chi connectivity index (χ1v) is 8.30. The maximum Gasteiger partial charge on any atom is 0.268 e. The number of hydrogen-bond acceptors (Lipinski definition) is 2. The fourth-order valence-electron chi connectivity index (χ4n) is 2.70. The van der Waals surface area contributed by atoms with Crippen LogP contribution in [0.5, 0.6) is 0 Å². The van der Waals surface area contributed by atoms with Crippen LogP contribution in [0.1, 0.15) is 29.4 Å². The lowest BCUT2D eigenvalue weighted by atomic mass is 10.1. The Balaban J connectivity index is 1.78. The van der Waals surface area contributed by atoms with Gasteiger partial charge in [-0.3, -0.25) is 9.78 Å². The van der Waals surface area contributed by atoms with Crippen LogP contribution in [0.4, 0.5) is 4.39 Å². The summed E-state index contributed by atoms with van der Waals surface area (Å²) in [5.74, 6) is -0.424. The van der Waals surface area contributed by atoms with Crippen molar-refractivity contribution < 1.29 is 9.18 Å². The fourth-order valence-corrected chi connectivity index (χ4v) is 2.70. The van der Waals surface area contributed by atoms with Gasteiger partial charge in [0.15, 0.2) is 0 Å². The van der Waals surface area contributed by atoms with Crippen LogP contribution in [-0.2, 0) is 13.1 Å². The number of nitrogens with zero attached hydrogens (tertiary/aromatic N) is 2. The second-order valence-corrected chi connectivity index (χ2v) is 5.85. The number of nitrogens with one attached hydrogen (secondary N) is 1. The summed E-state index contributed by atoms with van der Waals surface area (Å²) in [6.45, 7) is 3.21. The lowest BCUT2D eigenvalue weighted by molar-refractivity contribution is 0.0941. The first-order chi connectivity index (χ1) is 12.2. The van der Waals surface area contributed by atoms with Gasteiger partial charge in [-0.05, 0) is 47.9 Å². The average molecular weight is 337 g/mol. The van der Waals surface area contributed by atoms with Gasteiger partial charge in [0, 0.05) is 37.2 Å². The monoisotopic (exact) mass is 337 g/mol. The van der Waals surface area contributed by atoms with E-state index in [1.807, 2.05) is 29.0 Å². The van der Waals surface area contributed by atoms with Crippen molar-refractivity contribution in [1.82, 2.24) is 14.9 Å². The van der Waals surface area contributed by atoms with E-state index < -0.39 is 0 Å². The molecule has 0 aliphatic rings. The molecule has 3 rings (SSSR count). The zero-order chi connectivity index (χ0) is 17.6. The normalized spacial score (nSPS) is 10.6.